The van der Waals surface area contributed by atoms with Crippen molar-refractivity contribution in [2.75, 3.05) is 0 Å². The van der Waals surface area contributed by atoms with Gasteiger partial charge in [0.05, 0.1) is 5.54 Å². The Hall–Kier alpha value is -1.38. The molecular formula is C14H20FNO. The molecule has 0 aromatic heterocycles. The molecular weight excluding hydrogens is 217 g/mol. The van der Waals surface area contributed by atoms with Crippen molar-refractivity contribution in [2.45, 2.75) is 40.2 Å². The van der Waals surface area contributed by atoms with E-state index in [1.165, 1.54) is 6.07 Å². The summed E-state index contributed by atoms with van der Waals surface area (Å²) in [5.41, 5.74) is -0.698. The molecule has 17 heavy (non-hydrogen) atoms. The van der Waals surface area contributed by atoms with Crippen LogP contribution in [0, 0.1) is 11.2 Å². The fraction of sp³-hybridized carbons (Fsp3) is 0.500. The van der Waals surface area contributed by atoms with Crippen LogP contribution in [0.5, 0.6) is 0 Å². The van der Waals surface area contributed by atoms with Crippen molar-refractivity contribution in [3.63, 3.8) is 0 Å². The summed E-state index contributed by atoms with van der Waals surface area (Å²) in [7, 11) is 0. The lowest BCUT2D eigenvalue weighted by molar-refractivity contribution is -0.130. The summed E-state index contributed by atoms with van der Waals surface area (Å²) in [5.74, 6) is -0.391. The summed E-state index contributed by atoms with van der Waals surface area (Å²) in [6.45, 7) is 9.10. The Morgan fingerprint density at radius 1 is 1.12 bits per heavy atom. The minimum atomic E-state index is -0.713. The van der Waals surface area contributed by atoms with Crippen molar-refractivity contribution in [3.8, 4) is 0 Å². The molecule has 0 fully saturated rings. The first-order valence-electron chi connectivity index (χ1n) is 5.72. The average molecular weight is 237 g/mol. The number of hydrogen-bond donors (Lipinski definition) is 1. The van der Waals surface area contributed by atoms with E-state index in [0.717, 1.165) is 0 Å². The van der Waals surface area contributed by atoms with E-state index in [2.05, 4.69) is 5.32 Å². The largest absolute Gasteiger partial charge is 0.347 e. The SMILES string of the molecule is CC(C)(C)C(=O)NC(C)(C)c1ccccc1F. The van der Waals surface area contributed by atoms with E-state index >= 15 is 0 Å². The van der Waals surface area contributed by atoms with Crippen LogP contribution in [-0.2, 0) is 10.3 Å². The summed E-state index contributed by atoms with van der Waals surface area (Å²) >= 11 is 0. The van der Waals surface area contributed by atoms with Crippen molar-refractivity contribution < 1.29 is 9.18 Å². The van der Waals surface area contributed by atoms with Gasteiger partial charge in [-0.05, 0) is 19.9 Å². The molecule has 0 aliphatic heterocycles. The van der Waals surface area contributed by atoms with Crippen LogP contribution in [0.4, 0.5) is 4.39 Å². The van der Waals surface area contributed by atoms with Gasteiger partial charge >= 0.3 is 0 Å². The van der Waals surface area contributed by atoms with Gasteiger partial charge in [0.2, 0.25) is 5.91 Å². The molecule has 3 heteroatoms. The van der Waals surface area contributed by atoms with E-state index in [-0.39, 0.29) is 11.7 Å². The van der Waals surface area contributed by atoms with Crippen LogP contribution in [0.2, 0.25) is 0 Å². The topological polar surface area (TPSA) is 29.1 Å². The Bertz CT molecular complexity index is 418. The van der Waals surface area contributed by atoms with Gasteiger partial charge in [0, 0.05) is 11.0 Å². The first-order chi connectivity index (χ1) is 7.64. The molecule has 94 valence electrons. The highest BCUT2D eigenvalue weighted by atomic mass is 19.1. The van der Waals surface area contributed by atoms with Gasteiger partial charge in [0.1, 0.15) is 5.82 Å². The third-order valence-electron chi connectivity index (χ3n) is 2.65. The third kappa shape index (κ3) is 3.29. The Labute approximate surface area is 102 Å². The van der Waals surface area contributed by atoms with Crippen LogP contribution >= 0.6 is 0 Å². The van der Waals surface area contributed by atoms with Crippen molar-refractivity contribution in [2.24, 2.45) is 5.41 Å². The molecule has 0 saturated heterocycles. The molecule has 0 aliphatic carbocycles. The standard InChI is InChI=1S/C14H20FNO/c1-13(2,3)12(17)16-14(4,5)10-8-6-7-9-11(10)15/h6-9H,1-5H3,(H,16,17). The van der Waals surface area contributed by atoms with Crippen LogP contribution in [-0.4, -0.2) is 5.91 Å². The van der Waals surface area contributed by atoms with E-state index < -0.39 is 11.0 Å². The zero-order valence-corrected chi connectivity index (χ0v) is 11.1. The Morgan fingerprint density at radius 3 is 2.12 bits per heavy atom. The molecule has 0 bridgehead atoms. The predicted octanol–water partition coefficient (Wildman–Crippen LogP) is 3.22. The van der Waals surface area contributed by atoms with E-state index in [9.17, 15) is 9.18 Å². The van der Waals surface area contributed by atoms with E-state index in [0.29, 0.717) is 5.56 Å². The molecule has 1 aromatic rings. The second-order valence-corrected chi connectivity index (χ2v) is 5.81. The van der Waals surface area contributed by atoms with E-state index in [1.807, 2.05) is 20.8 Å². The number of rotatable bonds is 2. The van der Waals surface area contributed by atoms with E-state index in [1.54, 1.807) is 32.0 Å². The molecule has 1 amide bonds. The summed E-state index contributed by atoms with van der Waals surface area (Å²) in [6, 6.07) is 6.50. The summed E-state index contributed by atoms with van der Waals surface area (Å²) in [6.07, 6.45) is 0. The van der Waals surface area contributed by atoms with Crippen LogP contribution in [0.25, 0.3) is 0 Å². The molecule has 0 saturated carbocycles. The Balaban J connectivity index is 2.97. The monoisotopic (exact) mass is 237 g/mol. The number of benzene rings is 1. The molecule has 0 atom stereocenters. The lowest BCUT2D eigenvalue weighted by Gasteiger charge is -2.31. The second kappa shape index (κ2) is 4.47. The summed E-state index contributed by atoms with van der Waals surface area (Å²) in [5, 5.41) is 2.87. The van der Waals surface area contributed by atoms with Crippen molar-refractivity contribution >= 4 is 5.91 Å². The van der Waals surface area contributed by atoms with Gasteiger partial charge in [-0.15, -0.1) is 0 Å². The van der Waals surface area contributed by atoms with Crippen LogP contribution in [0.15, 0.2) is 24.3 Å². The number of carbonyl (C=O) groups is 1. The highest BCUT2D eigenvalue weighted by Crippen LogP contribution is 2.25. The van der Waals surface area contributed by atoms with Gasteiger partial charge in [-0.3, -0.25) is 4.79 Å². The van der Waals surface area contributed by atoms with Crippen LogP contribution in [0.1, 0.15) is 40.2 Å². The number of amides is 1. The Morgan fingerprint density at radius 2 is 1.65 bits per heavy atom. The first-order valence-corrected chi connectivity index (χ1v) is 5.72. The highest BCUT2D eigenvalue weighted by molar-refractivity contribution is 5.82. The normalized spacial score (nSPS) is 12.4. The maximum Gasteiger partial charge on any atom is 0.226 e. The fourth-order valence-electron chi connectivity index (χ4n) is 1.51. The minimum Gasteiger partial charge on any atom is -0.347 e. The minimum absolute atomic E-state index is 0.0919. The van der Waals surface area contributed by atoms with Gasteiger partial charge < -0.3 is 5.32 Å². The van der Waals surface area contributed by atoms with Crippen LogP contribution in [0.3, 0.4) is 0 Å². The molecule has 0 unspecified atom stereocenters. The van der Waals surface area contributed by atoms with E-state index in [4.69, 9.17) is 0 Å². The second-order valence-electron chi connectivity index (χ2n) is 5.81. The van der Waals surface area contributed by atoms with Gasteiger partial charge in [-0.25, -0.2) is 4.39 Å². The third-order valence-corrected chi connectivity index (χ3v) is 2.65. The fourth-order valence-corrected chi connectivity index (χ4v) is 1.51. The number of nitrogens with one attached hydrogen (secondary N) is 1. The summed E-state index contributed by atoms with van der Waals surface area (Å²) in [4.78, 5) is 11.9. The van der Waals surface area contributed by atoms with Crippen LogP contribution < -0.4 is 5.32 Å². The molecule has 0 heterocycles. The smallest absolute Gasteiger partial charge is 0.226 e. The predicted molar refractivity (Wildman–Crippen MR) is 67.0 cm³/mol. The highest BCUT2D eigenvalue weighted by Gasteiger charge is 2.30. The van der Waals surface area contributed by atoms with Gasteiger partial charge in [-0.2, -0.15) is 0 Å². The number of hydrogen-bond acceptors (Lipinski definition) is 1. The zero-order valence-electron chi connectivity index (χ0n) is 11.1. The number of halogens is 1. The molecule has 0 spiro atoms. The summed E-state index contributed by atoms with van der Waals surface area (Å²) < 4.78 is 13.7. The maximum atomic E-state index is 13.7. The van der Waals surface area contributed by atoms with Crippen molar-refractivity contribution in [3.05, 3.63) is 35.6 Å². The molecule has 0 radical (unpaired) electrons. The van der Waals surface area contributed by atoms with Gasteiger partial charge in [-0.1, -0.05) is 39.0 Å². The van der Waals surface area contributed by atoms with Crippen molar-refractivity contribution in [1.29, 1.82) is 0 Å². The Kier molecular flexibility index (Phi) is 3.60. The van der Waals surface area contributed by atoms with Gasteiger partial charge in [0.25, 0.3) is 0 Å². The molecule has 2 nitrogen and oxygen atoms in total. The van der Waals surface area contributed by atoms with Gasteiger partial charge in [0.15, 0.2) is 0 Å². The lowest BCUT2D eigenvalue weighted by atomic mass is 9.89. The van der Waals surface area contributed by atoms with Crippen molar-refractivity contribution in [1.82, 2.24) is 5.32 Å². The molecule has 1 rings (SSSR count). The maximum absolute atomic E-state index is 13.7. The molecule has 1 aromatic carbocycles. The number of carbonyl (C=O) groups excluding carboxylic acids is 1. The molecule has 1 N–H and O–H groups in total. The zero-order chi connectivity index (χ0) is 13.3. The quantitative estimate of drug-likeness (QED) is 0.840. The lowest BCUT2D eigenvalue weighted by Crippen LogP contribution is -2.46. The average Bonchev–Trinajstić information content (AvgIpc) is 2.15. The molecule has 0 aliphatic rings. The first kappa shape index (κ1) is 13.7.